The quantitative estimate of drug-likeness (QED) is 0.436. The van der Waals surface area contributed by atoms with E-state index in [1.165, 1.54) is 0 Å². The molecule has 4 heteroatoms. The van der Waals surface area contributed by atoms with Crippen LogP contribution in [-0.2, 0) is 0 Å². The molecule has 0 unspecified atom stereocenters. The van der Waals surface area contributed by atoms with E-state index in [1.807, 2.05) is 32.0 Å². The van der Waals surface area contributed by atoms with E-state index < -0.39 is 0 Å². The highest BCUT2D eigenvalue weighted by atomic mass is 16.5. The van der Waals surface area contributed by atoms with Crippen molar-refractivity contribution in [3.63, 3.8) is 0 Å². The van der Waals surface area contributed by atoms with E-state index in [0.717, 1.165) is 23.5 Å². The molecule has 0 saturated heterocycles. The SMILES string of the molecule is CCCOc1ccc(/C=C/C(=O)c2ccc(OCC)cc2)cc1OCC. The highest BCUT2D eigenvalue weighted by Gasteiger charge is 2.06. The maximum absolute atomic E-state index is 12.3. The molecule has 2 aromatic carbocycles. The lowest BCUT2D eigenvalue weighted by atomic mass is 10.1. The van der Waals surface area contributed by atoms with Gasteiger partial charge in [-0.3, -0.25) is 4.79 Å². The van der Waals surface area contributed by atoms with Crippen LogP contribution in [0.5, 0.6) is 17.2 Å². The lowest BCUT2D eigenvalue weighted by Gasteiger charge is -2.12. The summed E-state index contributed by atoms with van der Waals surface area (Å²) in [6.07, 6.45) is 4.28. The van der Waals surface area contributed by atoms with Gasteiger partial charge in [-0.1, -0.05) is 19.1 Å². The average Bonchev–Trinajstić information content (AvgIpc) is 2.66. The molecule has 0 bridgehead atoms. The van der Waals surface area contributed by atoms with Crippen LogP contribution in [0, 0.1) is 0 Å². The molecule has 0 aliphatic heterocycles. The molecule has 0 aliphatic carbocycles. The molecule has 0 fully saturated rings. The van der Waals surface area contributed by atoms with Crippen LogP contribution in [0.3, 0.4) is 0 Å². The molecule has 0 aliphatic rings. The summed E-state index contributed by atoms with van der Waals surface area (Å²) >= 11 is 0. The first-order valence-electron chi connectivity index (χ1n) is 9.02. The second-order valence-electron chi connectivity index (χ2n) is 5.64. The van der Waals surface area contributed by atoms with Crippen molar-refractivity contribution in [1.82, 2.24) is 0 Å². The van der Waals surface area contributed by atoms with Gasteiger partial charge in [0.25, 0.3) is 0 Å². The minimum absolute atomic E-state index is 0.0580. The Morgan fingerprint density at radius 2 is 1.62 bits per heavy atom. The summed E-state index contributed by atoms with van der Waals surface area (Å²) in [5, 5.41) is 0. The van der Waals surface area contributed by atoms with Gasteiger partial charge in [-0.25, -0.2) is 0 Å². The number of carbonyl (C=O) groups excluding carboxylic acids is 1. The minimum atomic E-state index is -0.0580. The molecule has 0 N–H and O–H groups in total. The van der Waals surface area contributed by atoms with Gasteiger partial charge in [0, 0.05) is 5.56 Å². The van der Waals surface area contributed by atoms with Crippen molar-refractivity contribution in [2.45, 2.75) is 27.2 Å². The summed E-state index contributed by atoms with van der Waals surface area (Å²) in [5.74, 6) is 2.12. The van der Waals surface area contributed by atoms with Crippen molar-refractivity contribution >= 4 is 11.9 Å². The maximum atomic E-state index is 12.3. The van der Waals surface area contributed by atoms with E-state index in [1.54, 1.807) is 36.4 Å². The molecule has 26 heavy (non-hydrogen) atoms. The Balaban J connectivity index is 2.10. The Bertz CT molecular complexity index is 732. The first-order valence-corrected chi connectivity index (χ1v) is 9.02. The van der Waals surface area contributed by atoms with Crippen LogP contribution in [0.4, 0.5) is 0 Å². The molecule has 2 rings (SSSR count). The second-order valence-corrected chi connectivity index (χ2v) is 5.64. The molecule has 0 heterocycles. The van der Waals surface area contributed by atoms with Gasteiger partial charge in [-0.2, -0.15) is 0 Å². The Kier molecular flexibility index (Phi) is 7.75. The highest BCUT2D eigenvalue weighted by Crippen LogP contribution is 2.29. The third-order valence-corrected chi connectivity index (χ3v) is 3.61. The van der Waals surface area contributed by atoms with E-state index in [9.17, 15) is 4.79 Å². The van der Waals surface area contributed by atoms with Crippen LogP contribution in [-0.4, -0.2) is 25.6 Å². The van der Waals surface area contributed by atoms with Crippen molar-refractivity contribution in [2.75, 3.05) is 19.8 Å². The van der Waals surface area contributed by atoms with Crippen molar-refractivity contribution in [3.8, 4) is 17.2 Å². The number of ether oxygens (including phenoxy) is 3. The first-order chi connectivity index (χ1) is 12.7. The second kappa shape index (κ2) is 10.3. The van der Waals surface area contributed by atoms with Gasteiger partial charge in [0.05, 0.1) is 19.8 Å². The molecular formula is C22H26O4. The van der Waals surface area contributed by atoms with Crippen LogP contribution >= 0.6 is 0 Å². The summed E-state index contributed by atoms with van der Waals surface area (Å²) in [7, 11) is 0. The standard InChI is InChI=1S/C22H26O4/c1-4-15-26-21-14-8-17(16-22(21)25-6-3)7-13-20(23)18-9-11-19(12-10-18)24-5-2/h7-14,16H,4-6,15H2,1-3H3/b13-7+. The zero-order valence-electron chi connectivity index (χ0n) is 15.7. The number of benzene rings is 2. The maximum Gasteiger partial charge on any atom is 0.185 e. The fourth-order valence-electron chi connectivity index (χ4n) is 2.38. The number of hydrogen-bond acceptors (Lipinski definition) is 4. The average molecular weight is 354 g/mol. The number of ketones is 1. The largest absolute Gasteiger partial charge is 0.494 e. The molecule has 4 nitrogen and oxygen atoms in total. The predicted octanol–water partition coefficient (Wildman–Crippen LogP) is 5.17. The summed E-state index contributed by atoms with van der Waals surface area (Å²) in [5.41, 5.74) is 1.51. The summed E-state index contributed by atoms with van der Waals surface area (Å²) in [4.78, 5) is 12.3. The number of hydrogen-bond donors (Lipinski definition) is 0. The molecule has 0 atom stereocenters. The summed E-state index contributed by atoms with van der Waals surface area (Å²) in [6.45, 7) is 7.72. The van der Waals surface area contributed by atoms with Gasteiger partial charge < -0.3 is 14.2 Å². The zero-order valence-corrected chi connectivity index (χ0v) is 15.7. The van der Waals surface area contributed by atoms with Gasteiger partial charge in [0.1, 0.15) is 5.75 Å². The number of carbonyl (C=O) groups is 1. The lowest BCUT2D eigenvalue weighted by molar-refractivity contribution is 0.104. The zero-order chi connectivity index (χ0) is 18.8. The Hall–Kier alpha value is -2.75. The van der Waals surface area contributed by atoms with Crippen molar-refractivity contribution in [1.29, 1.82) is 0 Å². The highest BCUT2D eigenvalue weighted by molar-refractivity contribution is 6.06. The lowest BCUT2D eigenvalue weighted by Crippen LogP contribution is -2.00. The molecule has 0 aromatic heterocycles. The topological polar surface area (TPSA) is 44.8 Å². The predicted molar refractivity (Wildman–Crippen MR) is 104 cm³/mol. The number of rotatable bonds is 10. The van der Waals surface area contributed by atoms with E-state index >= 15 is 0 Å². The van der Waals surface area contributed by atoms with E-state index in [2.05, 4.69) is 6.92 Å². The van der Waals surface area contributed by atoms with E-state index in [4.69, 9.17) is 14.2 Å². The fourth-order valence-corrected chi connectivity index (χ4v) is 2.38. The molecule has 2 aromatic rings. The van der Waals surface area contributed by atoms with Crippen molar-refractivity contribution in [2.24, 2.45) is 0 Å². The Morgan fingerprint density at radius 3 is 2.27 bits per heavy atom. The van der Waals surface area contributed by atoms with Gasteiger partial charge in [-0.05, 0) is 68.3 Å². The van der Waals surface area contributed by atoms with E-state index in [-0.39, 0.29) is 5.78 Å². The van der Waals surface area contributed by atoms with Gasteiger partial charge in [0.15, 0.2) is 17.3 Å². The van der Waals surface area contributed by atoms with Crippen LogP contribution in [0.1, 0.15) is 43.1 Å². The molecule has 0 spiro atoms. The first kappa shape index (κ1) is 19.6. The van der Waals surface area contributed by atoms with Crippen molar-refractivity contribution < 1.29 is 19.0 Å². The van der Waals surface area contributed by atoms with Crippen LogP contribution in [0.15, 0.2) is 48.5 Å². The van der Waals surface area contributed by atoms with Gasteiger partial charge >= 0.3 is 0 Å². The summed E-state index contributed by atoms with van der Waals surface area (Å²) < 4.78 is 16.7. The molecule has 0 radical (unpaired) electrons. The monoisotopic (exact) mass is 354 g/mol. The Morgan fingerprint density at radius 1 is 0.885 bits per heavy atom. The normalized spacial score (nSPS) is 10.7. The fraction of sp³-hybridized carbons (Fsp3) is 0.318. The van der Waals surface area contributed by atoms with Gasteiger partial charge in [0.2, 0.25) is 0 Å². The Labute approximate surface area is 155 Å². The molecule has 0 amide bonds. The number of allylic oxidation sites excluding steroid dienone is 1. The third kappa shape index (κ3) is 5.66. The molecular weight excluding hydrogens is 328 g/mol. The minimum Gasteiger partial charge on any atom is -0.494 e. The third-order valence-electron chi connectivity index (χ3n) is 3.61. The summed E-state index contributed by atoms with van der Waals surface area (Å²) in [6, 6.07) is 12.8. The smallest absolute Gasteiger partial charge is 0.185 e. The van der Waals surface area contributed by atoms with Crippen LogP contribution in [0.25, 0.3) is 6.08 Å². The van der Waals surface area contributed by atoms with Crippen LogP contribution in [0.2, 0.25) is 0 Å². The van der Waals surface area contributed by atoms with E-state index in [0.29, 0.717) is 31.1 Å². The molecule has 138 valence electrons. The van der Waals surface area contributed by atoms with Gasteiger partial charge in [-0.15, -0.1) is 0 Å². The van der Waals surface area contributed by atoms with Crippen LogP contribution < -0.4 is 14.2 Å². The molecule has 0 saturated carbocycles. The van der Waals surface area contributed by atoms with Crippen molar-refractivity contribution in [3.05, 3.63) is 59.7 Å².